The van der Waals surface area contributed by atoms with Crippen molar-refractivity contribution >= 4 is 40.1 Å². The Balaban J connectivity index is 1.95. The summed E-state index contributed by atoms with van der Waals surface area (Å²) in [7, 11) is 0. The number of aryl methyl sites for hydroxylation is 1. The third-order valence-electron chi connectivity index (χ3n) is 3.94. The van der Waals surface area contributed by atoms with Crippen LogP contribution in [0.4, 0.5) is 11.4 Å². The number of nitro benzene ring substituents is 2. The molecule has 0 aliphatic carbocycles. The number of oxime groups is 1. The summed E-state index contributed by atoms with van der Waals surface area (Å²) in [5.41, 5.74) is 0.571. The van der Waals surface area contributed by atoms with Gasteiger partial charge in [0.05, 0.1) is 22.1 Å². The van der Waals surface area contributed by atoms with Gasteiger partial charge in [0.25, 0.3) is 5.69 Å². The van der Waals surface area contributed by atoms with Gasteiger partial charge in [-0.3, -0.25) is 20.2 Å². The largest absolute Gasteiger partial charge is 0.350 e. The molecular weight excluding hydrogens is 376 g/mol. The quantitative estimate of drug-likeness (QED) is 0.349. The molecule has 138 valence electrons. The second kappa shape index (κ2) is 7.42. The molecule has 1 aromatic heterocycles. The maximum absolute atomic E-state index is 11.1. The smallest absolute Gasteiger partial charge is 0.321 e. The number of nitro groups is 2. The van der Waals surface area contributed by atoms with Gasteiger partial charge in [-0.25, -0.2) is 0 Å². The first kappa shape index (κ1) is 18.3. The molecule has 9 nitrogen and oxygen atoms in total. The van der Waals surface area contributed by atoms with Crippen molar-refractivity contribution in [3.05, 3.63) is 73.4 Å². The lowest BCUT2D eigenvalue weighted by atomic mass is 10.2. The van der Waals surface area contributed by atoms with Crippen LogP contribution < -0.4 is 4.84 Å². The van der Waals surface area contributed by atoms with Crippen LogP contribution in [0.25, 0.3) is 10.9 Å². The molecule has 10 heteroatoms. The first-order valence-electron chi connectivity index (χ1n) is 7.84. The van der Waals surface area contributed by atoms with Gasteiger partial charge in [-0.15, -0.1) is 0 Å². The topological polar surface area (TPSA) is 113 Å². The predicted octanol–water partition coefficient (Wildman–Crippen LogP) is 4.54. The molecule has 0 aliphatic rings. The lowest BCUT2D eigenvalue weighted by molar-refractivity contribution is -0.394. The second-order valence-corrected chi connectivity index (χ2v) is 5.82. The summed E-state index contributed by atoms with van der Waals surface area (Å²) in [4.78, 5) is 25.5. The zero-order chi connectivity index (χ0) is 19.6. The van der Waals surface area contributed by atoms with Crippen molar-refractivity contribution in [3.8, 4) is 5.75 Å². The van der Waals surface area contributed by atoms with Gasteiger partial charge in [-0.05, 0) is 19.1 Å². The van der Waals surface area contributed by atoms with Crippen molar-refractivity contribution in [2.75, 3.05) is 0 Å². The van der Waals surface area contributed by atoms with E-state index in [4.69, 9.17) is 16.4 Å². The highest BCUT2D eigenvalue weighted by atomic mass is 35.5. The number of fused-ring (bicyclic) bond motifs is 1. The van der Waals surface area contributed by atoms with Crippen LogP contribution in [-0.4, -0.2) is 20.6 Å². The third kappa shape index (κ3) is 3.44. The average Bonchev–Trinajstić information content (AvgIpc) is 2.92. The number of halogens is 1. The number of rotatable bonds is 6. The normalized spacial score (nSPS) is 11.2. The SMILES string of the molecule is CCn1c(Cl)c(/C=N/Oc2ccc([N+](=O)[O-])cc2[N+](=O)[O-])c2ccccc21. The van der Waals surface area contributed by atoms with E-state index >= 15 is 0 Å². The van der Waals surface area contributed by atoms with E-state index < -0.39 is 21.2 Å². The number of non-ortho nitro benzene ring substituents is 1. The van der Waals surface area contributed by atoms with Crippen LogP contribution >= 0.6 is 11.6 Å². The summed E-state index contributed by atoms with van der Waals surface area (Å²) in [5.74, 6) is -0.211. The van der Waals surface area contributed by atoms with Crippen molar-refractivity contribution < 1.29 is 14.7 Å². The van der Waals surface area contributed by atoms with Crippen LogP contribution in [0.15, 0.2) is 47.6 Å². The summed E-state index contributed by atoms with van der Waals surface area (Å²) < 4.78 is 1.90. The van der Waals surface area contributed by atoms with Gasteiger partial charge in [-0.2, -0.15) is 0 Å². The van der Waals surface area contributed by atoms with E-state index in [0.717, 1.165) is 29.1 Å². The molecule has 0 N–H and O–H groups in total. The Morgan fingerprint density at radius 1 is 1.19 bits per heavy atom. The standard InChI is InChI=1S/C17H13ClN4O5/c1-2-20-14-6-4-3-5-12(14)13(17(20)18)10-19-27-16-8-7-11(21(23)24)9-15(16)22(25)26/h3-10H,2H2,1H3/b19-10+. The lowest BCUT2D eigenvalue weighted by Crippen LogP contribution is -1.96. The first-order chi connectivity index (χ1) is 12.9. The molecule has 3 rings (SSSR count). The fourth-order valence-electron chi connectivity index (χ4n) is 2.71. The van der Waals surface area contributed by atoms with Crippen LogP contribution in [0.5, 0.6) is 5.75 Å². The van der Waals surface area contributed by atoms with Crippen LogP contribution in [-0.2, 0) is 6.54 Å². The summed E-state index contributed by atoms with van der Waals surface area (Å²) in [6, 6.07) is 10.6. The minimum atomic E-state index is -0.770. The van der Waals surface area contributed by atoms with Crippen molar-refractivity contribution in [3.63, 3.8) is 0 Å². The molecule has 0 saturated carbocycles. The second-order valence-electron chi connectivity index (χ2n) is 5.46. The maximum atomic E-state index is 11.1. The maximum Gasteiger partial charge on any atom is 0.321 e. The number of hydrogen-bond acceptors (Lipinski definition) is 6. The van der Waals surface area contributed by atoms with Crippen molar-refractivity contribution in [1.82, 2.24) is 4.57 Å². The Morgan fingerprint density at radius 3 is 2.59 bits per heavy atom. The Morgan fingerprint density at radius 2 is 1.93 bits per heavy atom. The number of para-hydroxylation sites is 1. The van der Waals surface area contributed by atoms with Gasteiger partial charge in [0.2, 0.25) is 5.75 Å². The molecule has 0 bridgehead atoms. The monoisotopic (exact) mass is 388 g/mol. The van der Waals surface area contributed by atoms with E-state index in [0.29, 0.717) is 17.3 Å². The van der Waals surface area contributed by atoms with E-state index in [1.165, 1.54) is 6.21 Å². The zero-order valence-electron chi connectivity index (χ0n) is 14.0. The molecule has 0 unspecified atom stereocenters. The fourth-order valence-corrected chi connectivity index (χ4v) is 3.07. The molecule has 0 atom stereocenters. The van der Waals surface area contributed by atoms with Gasteiger partial charge in [-0.1, -0.05) is 35.0 Å². The van der Waals surface area contributed by atoms with Crippen molar-refractivity contribution in [2.45, 2.75) is 13.5 Å². The Labute approximate surface area is 157 Å². The highest BCUT2D eigenvalue weighted by Gasteiger charge is 2.21. The van der Waals surface area contributed by atoms with E-state index in [1.807, 2.05) is 35.8 Å². The molecular formula is C17H13ClN4O5. The summed E-state index contributed by atoms with van der Waals surface area (Å²) in [6.07, 6.45) is 1.36. The number of aromatic nitrogens is 1. The summed E-state index contributed by atoms with van der Waals surface area (Å²) in [6.45, 7) is 2.61. The van der Waals surface area contributed by atoms with Crippen LogP contribution in [0.1, 0.15) is 12.5 Å². The van der Waals surface area contributed by atoms with E-state index in [-0.39, 0.29) is 5.75 Å². The van der Waals surface area contributed by atoms with Crippen LogP contribution in [0.2, 0.25) is 5.15 Å². The minimum absolute atomic E-state index is 0.211. The average molecular weight is 389 g/mol. The van der Waals surface area contributed by atoms with Crippen LogP contribution in [0.3, 0.4) is 0 Å². The van der Waals surface area contributed by atoms with Gasteiger partial charge in [0.15, 0.2) is 0 Å². The highest BCUT2D eigenvalue weighted by molar-refractivity contribution is 6.34. The number of hydrogen-bond donors (Lipinski definition) is 0. The lowest BCUT2D eigenvalue weighted by Gasteiger charge is -2.01. The first-order valence-corrected chi connectivity index (χ1v) is 8.21. The Hall–Kier alpha value is -3.46. The van der Waals surface area contributed by atoms with Crippen molar-refractivity contribution in [1.29, 1.82) is 0 Å². The minimum Gasteiger partial charge on any atom is -0.350 e. The molecule has 0 saturated heterocycles. The predicted molar refractivity (Wildman–Crippen MR) is 101 cm³/mol. The van der Waals surface area contributed by atoms with Gasteiger partial charge >= 0.3 is 5.69 Å². The Kier molecular flexibility index (Phi) is 5.04. The molecule has 1 heterocycles. The molecule has 3 aromatic rings. The van der Waals surface area contributed by atoms with Crippen molar-refractivity contribution in [2.24, 2.45) is 5.16 Å². The molecule has 27 heavy (non-hydrogen) atoms. The molecule has 0 fully saturated rings. The van der Waals surface area contributed by atoms with Gasteiger partial charge in [0, 0.05) is 29.1 Å². The third-order valence-corrected chi connectivity index (χ3v) is 4.35. The fraction of sp³-hybridized carbons (Fsp3) is 0.118. The summed E-state index contributed by atoms with van der Waals surface area (Å²) in [5, 5.41) is 27.0. The molecule has 2 aromatic carbocycles. The molecule has 0 amide bonds. The van der Waals surface area contributed by atoms with E-state index in [2.05, 4.69) is 5.16 Å². The van der Waals surface area contributed by atoms with Crippen LogP contribution in [0, 0.1) is 20.2 Å². The van der Waals surface area contributed by atoms with Gasteiger partial charge in [0.1, 0.15) is 5.15 Å². The Bertz CT molecular complexity index is 1080. The molecule has 0 radical (unpaired) electrons. The molecule has 0 spiro atoms. The number of benzene rings is 2. The molecule has 0 aliphatic heterocycles. The number of nitrogens with zero attached hydrogens (tertiary/aromatic N) is 4. The van der Waals surface area contributed by atoms with E-state index in [1.54, 1.807) is 0 Å². The zero-order valence-corrected chi connectivity index (χ0v) is 14.8. The summed E-state index contributed by atoms with van der Waals surface area (Å²) >= 11 is 6.40. The van der Waals surface area contributed by atoms with E-state index in [9.17, 15) is 20.2 Å². The van der Waals surface area contributed by atoms with Gasteiger partial charge < -0.3 is 9.40 Å². The highest BCUT2D eigenvalue weighted by Crippen LogP contribution is 2.32.